The van der Waals surface area contributed by atoms with Crippen LogP contribution in [0, 0.1) is 0 Å². The highest BCUT2D eigenvalue weighted by Crippen LogP contribution is 2.22. The molecule has 1 fully saturated rings. The summed E-state index contributed by atoms with van der Waals surface area (Å²) in [4.78, 5) is 15.0. The Hall–Kier alpha value is -2.37. The summed E-state index contributed by atoms with van der Waals surface area (Å²) in [6, 6.07) is 20.3. The minimum Gasteiger partial charge on any atom is -0.379 e. The van der Waals surface area contributed by atoms with E-state index in [1.807, 2.05) is 36.4 Å². The summed E-state index contributed by atoms with van der Waals surface area (Å²) < 4.78 is 5.44. The molecule has 1 aliphatic heterocycles. The zero-order chi connectivity index (χ0) is 19.8. The van der Waals surface area contributed by atoms with Crippen molar-refractivity contribution in [3.05, 3.63) is 71.8 Å². The maximum Gasteiger partial charge on any atom is 0.315 e. The predicted octanol–water partition coefficient (Wildman–Crippen LogP) is 3.34. The number of rotatable bonds is 7. The van der Waals surface area contributed by atoms with Crippen molar-refractivity contribution in [3.63, 3.8) is 0 Å². The first-order valence-electron chi connectivity index (χ1n) is 9.99. The van der Waals surface area contributed by atoms with Crippen LogP contribution in [0.25, 0.3) is 0 Å². The SMILES string of the molecule is CC(C)(CNC(=O)NC(CN1CCOCC1)c1ccccc1)c1ccccc1. The second kappa shape index (κ2) is 9.71. The van der Waals surface area contributed by atoms with Gasteiger partial charge in [-0.2, -0.15) is 0 Å². The second-order valence-electron chi connectivity index (χ2n) is 7.95. The minimum absolute atomic E-state index is 0.0564. The third kappa shape index (κ3) is 5.81. The summed E-state index contributed by atoms with van der Waals surface area (Å²) >= 11 is 0. The van der Waals surface area contributed by atoms with E-state index >= 15 is 0 Å². The molecule has 150 valence electrons. The fourth-order valence-electron chi connectivity index (χ4n) is 3.46. The molecule has 2 aromatic carbocycles. The third-order valence-electron chi connectivity index (χ3n) is 5.30. The number of ether oxygens (including phenoxy) is 1. The number of nitrogens with one attached hydrogen (secondary N) is 2. The van der Waals surface area contributed by atoms with Crippen molar-refractivity contribution in [1.82, 2.24) is 15.5 Å². The number of hydrogen-bond donors (Lipinski definition) is 2. The molecular weight excluding hydrogens is 350 g/mol. The maximum atomic E-state index is 12.7. The van der Waals surface area contributed by atoms with Gasteiger partial charge >= 0.3 is 6.03 Å². The van der Waals surface area contributed by atoms with E-state index in [9.17, 15) is 4.79 Å². The Morgan fingerprint density at radius 3 is 2.29 bits per heavy atom. The van der Waals surface area contributed by atoms with Gasteiger partial charge in [-0.3, -0.25) is 4.90 Å². The van der Waals surface area contributed by atoms with Gasteiger partial charge in [0.15, 0.2) is 0 Å². The number of carbonyl (C=O) groups excluding carboxylic acids is 1. The van der Waals surface area contributed by atoms with Crippen molar-refractivity contribution < 1.29 is 9.53 Å². The first kappa shape index (κ1) is 20.4. The number of nitrogens with zero attached hydrogens (tertiary/aromatic N) is 1. The van der Waals surface area contributed by atoms with Crippen LogP contribution < -0.4 is 10.6 Å². The predicted molar refractivity (Wildman–Crippen MR) is 112 cm³/mol. The zero-order valence-corrected chi connectivity index (χ0v) is 16.9. The molecule has 2 amide bonds. The Bertz CT molecular complexity index is 728. The van der Waals surface area contributed by atoms with E-state index in [4.69, 9.17) is 4.74 Å². The summed E-state index contributed by atoms with van der Waals surface area (Å²) in [5.74, 6) is 0. The van der Waals surface area contributed by atoms with E-state index in [2.05, 4.69) is 53.6 Å². The summed E-state index contributed by atoms with van der Waals surface area (Å²) in [7, 11) is 0. The molecule has 1 unspecified atom stereocenters. The largest absolute Gasteiger partial charge is 0.379 e. The van der Waals surface area contributed by atoms with Gasteiger partial charge in [-0.15, -0.1) is 0 Å². The van der Waals surface area contributed by atoms with Crippen molar-refractivity contribution in [3.8, 4) is 0 Å². The van der Waals surface area contributed by atoms with Gasteiger partial charge in [-0.05, 0) is 11.1 Å². The van der Waals surface area contributed by atoms with Gasteiger partial charge in [-0.1, -0.05) is 74.5 Å². The Morgan fingerprint density at radius 1 is 1.04 bits per heavy atom. The van der Waals surface area contributed by atoms with Crippen LogP contribution in [0.3, 0.4) is 0 Å². The molecule has 1 saturated heterocycles. The number of morpholine rings is 1. The second-order valence-corrected chi connectivity index (χ2v) is 7.95. The fraction of sp³-hybridized carbons (Fsp3) is 0.435. The van der Waals surface area contributed by atoms with Crippen LogP contribution in [0.2, 0.25) is 0 Å². The Kier molecular flexibility index (Phi) is 7.06. The molecule has 2 aromatic rings. The minimum atomic E-state index is -0.134. The lowest BCUT2D eigenvalue weighted by molar-refractivity contribution is 0.0339. The highest BCUT2D eigenvalue weighted by molar-refractivity contribution is 5.74. The fourth-order valence-corrected chi connectivity index (χ4v) is 3.46. The van der Waals surface area contributed by atoms with Crippen LogP contribution in [-0.4, -0.2) is 50.3 Å². The van der Waals surface area contributed by atoms with Gasteiger partial charge in [0.05, 0.1) is 19.3 Å². The third-order valence-corrected chi connectivity index (χ3v) is 5.30. The van der Waals surface area contributed by atoms with Crippen molar-refractivity contribution in [1.29, 1.82) is 0 Å². The Morgan fingerprint density at radius 2 is 1.64 bits per heavy atom. The van der Waals surface area contributed by atoms with Crippen molar-refractivity contribution in [2.24, 2.45) is 0 Å². The topological polar surface area (TPSA) is 53.6 Å². The van der Waals surface area contributed by atoms with Crippen molar-refractivity contribution in [2.75, 3.05) is 39.4 Å². The number of amides is 2. The molecule has 0 spiro atoms. The average molecular weight is 382 g/mol. The number of carbonyl (C=O) groups is 1. The van der Waals surface area contributed by atoms with Crippen molar-refractivity contribution in [2.45, 2.75) is 25.3 Å². The standard InChI is InChI=1S/C23H31N3O2/c1-23(2,20-11-7-4-8-12-20)18-24-22(27)25-21(19-9-5-3-6-10-19)17-26-13-15-28-16-14-26/h3-12,21H,13-18H2,1-2H3,(H2,24,25,27). The molecule has 2 N–H and O–H groups in total. The molecule has 1 atom stereocenters. The lowest BCUT2D eigenvalue weighted by atomic mass is 9.85. The van der Waals surface area contributed by atoms with Gasteiger partial charge in [0.25, 0.3) is 0 Å². The highest BCUT2D eigenvalue weighted by atomic mass is 16.5. The number of hydrogen-bond acceptors (Lipinski definition) is 3. The molecule has 3 rings (SSSR count). The van der Waals surface area contributed by atoms with E-state index in [0.29, 0.717) is 6.54 Å². The molecule has 1 heterocycles. The molecule has 28 heavy (non-hydrogen) atoms. The molecular formula is C23H31N3O2. The average Bonchev–Trinajstić information content (AvgIpc) is 2.74. The van der Waals surface area contributed by atoms with Crippen LogP contribution in [-0.2, 0) is 10.2 Å². The van der Waals surface area contributed by atoms with E-state index in [-0.39, 0.29) is 17.5 Å². The summed E-state index contributed by atoms with van der Waals surface area (Å²) in [6.07, 6.45) is 0. The lowest BCUT2D eigenvalue weighted by Gasteiger charge is -2.31. The molecule has 5 nitrogen and oxygen atoms in total. The Labute approximate surface area is 168 Å². The summed E-state index contributed by atoms with van der Waals surface area (Å²) in [5.41, 5.74) is 2.19. The van der Waals surface area contributed by atoms with Gasteiger partial charge in [0.1, 0.15) is 0 Å². The van der Waals surface area contributed by atoms with Gasteiger partial charge in [0.2, 0.25) is 0 Å². The molecule has 1 aliphatic rings. The van der Waals surface area contributed by atoms with E-state index in [0.717, 1.165) is 38.4 Å². The highest BCUT2D eigenvalue weighted by Gasteiger charge is 2.23. The quantitative estimate of drug-likeness (QED) is 0.773. The van der Waals surface area contributed by atoms with Crippen molar-refractivity contribution >= 4 is 6.03 Å². The van der Waals surface area contributed by atoms with E-state index in [1.54, 1.807) is 0 Å². The van der Waals surface area contributed by atoms with Crippen LogP contribution in [0.15, 0.2) is 60.7 Å². The van der Waals surface area contributed by atoms with Crippen LogP contribution in [0.1, 0.15) is 31.0 Å². The summed E-state index contributed by atoms with van der Waals surface area (Å²) in [5, 5.41) is 6.24. The molecule has 0 bridgehead atoms. The van der Waals surface area contributed by atoms with E-state index in [1.165, 1.54) is 5.56 Å². The monoisotopic (exact) mass is 381 g/mol. The van der Waals surface area contributed by atoms with Crippen LogP contribution in [0.5, 0.6) is 0 Å². The maximum absolute atomic E-state index is 12.7. The van der Waals surface area contributed by atoms with Crippen LogP contribution in [0.4, 0.5) is 4.79 Å². The number of urea groups is 1. The van der Waals surface area contributed by atoms with Gasteiger partial charge < -0.3 is 15.4 Å². The lowest BCUT2D eigenvalue weighted by Crippen LogP contribution is -2.47. The Balaban J connectivity index is 1.60. The first-order valence-corrected chi connectivity index (χ1v) is 9.99. The smallest absolute Gasteiger partial charge is 0.315 e. The molecule has 5 heteroatoms. The molecule has 0 aliphatic carbocycles. The normalized spacial score (nSPS) is 16.4. The zero-order valence-electron chi connectivity index (χ0n) is 16.9. The van der Waals surface area contributed by atoms with Crippen LogP contribution >= 0.6 is 0 Å². The van der Waals surface area contributed by atoms with Gasteiger partial charge in [-0.25, -0.2) is 4.79 Å². The molecule has 0 aromatic heterocycles. The molecule has 0 saturated carbocycles. The molecule has 0 radical (unpaired) electrons. The number of benzene rings is 2. The first-order chi connectivity index (χ1) is 13.5. The van der Waals surface area contributed by atoms with Gasteiger partial charge in [0, 0.05) is 31.6 Å². The van der Waals surface area contributed by atoms with E-state index < -0.39 is 0 Å². The summed E-state index contributed by atoms with van der Waals surface area (Å²) in [6.45, 7) is 8.93.